The SMILES string of the molecule is O=C(CSc1nc2ccsc2c(=O)n1-c1cccc(Cl)c1)Nc1cc(Cl)cc(Cl)c1. The molecule has 2 aromatic heterocycles. The first-order valence-corrected chi connectivity index (χ1v) is 11.6. The third kappa shape index (κ3) is 4.66. The van der Waals surface area contributed by atoms with Crippen molar-refractivity contribution in [1.29, 1.82) is 0 Å². The van der Waals surface area contributed by atoms with Crippen LogP contribution in [-0.4, -0.2) is 21.2 Å². The summed E-state index contributed by atoms with van der Waals surface area (Å²) in [5.74, 6) is -0.247. The predicted molar refractivity (Wildman–Crippen MR) is 126 cm³/mol. The first-order valence-electron chi connectivity index (χ1n) is 8.55. The van der Waals surface area contributed by atoms with Crippen LogP contribution in [0.25, 0.3) is 15.9 Å². The lowest BCUT2D eigenvalue weighted by atomic mass is 10.3. The van der Waals surface area contributed by atoms with Gasteiger partial charge in [-0.25, -0.2) is 4.98 Å². The molecule has 0 atom stereocenters. The van der Waals surface area contributed by atoms with E-state index in [0.717, 1.165) is 11.8 Å². The lowest BCUT2D eigenvalue weighted by Crippen LogP contribution is -2.22. The smallest absolute Gasteiger partial charge is 0.276 e. The normalized spacial score (nSPS) is 11.0. The van der Waals surface area contributed by atoms with Gasteiger partial charge in [-0.3, -0.25) is 14.2 Å². The number of rotatable bonds is 5. The Hall–Kier alpha value is -2.03. The number of hydrogen-bond donors (Lipinski definition) is 1. The summed E-state index contributed by atoms with van der Waals surface area (Å²) in [4.78, 5) is 30.1. The second kappa shape index (κ2) is 8.99. The zero-order valence-electron chi connectivity index (χ0n) is 15.1. The van der Waals surface area contributed by atoms with Gasteiger partial charge in [0.1, 0.15) is 4.70 Å². The molecule has 0 saturated heterocycles. The number of amides is 1. The zero-order valence-corrected chi connectivity index (χ0v) is 19.0. The maximum Gasteiger partial charge on any atom is 0.276 e. The molecule has 0 fully saturated rings. The minimum atomic E-state index is -0.282. The Kier molecular flexibility index (Phi) is 6.36. The van der Waals surface area contributed by atoms with Crippen molar-refractivity contribution in [2.75, 3.05) is 11.1 Å². The molecule has 0 aliphatic rings. The molecule has 0 bridgehead atoms. The highest BCUT2D eigenvalue weighted by Gasteiger charge is 2.16. The highest BCUT2D eigenvalue weighted by molar-refractivity contribution is 7.99. The van der Waals surface area contributed by atoms with E-state index in [-0.39, 0.29) is 17.2 Å². The van der Waals surface area contributed by atoms with Crippen LogP contribution in [-0.2, 0) is 4.79 Å². The number of hydrogen-bond acceptors (Lipinski definition) is 5. The predicted octanol–water partition coefficient (Wildman–Crippen LogP) is 6.14. The molecule has 1 amide bonds. The number of thioether (sulfide) groups is 1. The molecule has 0 spiro atoms. The quantitative estimate of drug-likeness (QED) is 0.266. The van der Waals surface area contributed by atoms with Gasteiger partial charge < -0.3 is 5.32 Å². The van der Waals surface area contributed by atoms with Gasteiger partial charge in [-0.2, -0.15) is 0 Å². The average molecular weight is 497 g/mol. The molecule has 0 aliphatic heterocycles. The van der Waals surface area contributed by atoms with Crippen molar-refractivity contribution < 1.29 is 4.79 Å². The van der Waals surface area contributed by atoms with E-state index in [1.165, 1.54) is 15.9 Å². The molecular formula is C20H12Cl3N3O2S2. The van der Waals surface area contributed by atoms with Gasteiger partial charge in [0.15, 0.2) is 5.16 Å². The van der Waals surface area contributed by atoms with Crippen molar-refractivity contribution in [1.82, 2.24) is 9.55 Å². The van der Waals surface area contributed by atoms with Crippen LogP contribution < -0.4 is 10.9 Å². The Labute approximate surface area is 194 Å². The summed E-state index contributed by atoms with van der Waals surface area (Å²) in [6, 6.07) is 13.5. The molecule has 5 nitrogen and oxygen atoms in total. The maximum atomic E-state index is 13.1. The van der Waals surface area contributed by atoms with Crippen LogP contribution in [0, 0.1) is 0 Å². The van der Waals surface area contributed by atoms with E-state index in [2.05, 4.69) is 10.3 Å². The first-order chi connectivity index (χ1) is 14.4. The van der Waals surface area contributed by atoms with E-state index < -0.39 is 0 Å². The summed E-state index contributed by atoms with van der Waals surface area (Å²) < 4.78 is 2.01. The molecule has 152 valence electrons. The fourth-order valence-corrected chi connectivity index (χ4v) is 5.07. The van der Waals surface area contributed by atoms with Gasteiger partial charge in [-0.15, -0.1) is 11.3 Å². The van der Waals surface area contributed by atoms with Gasteiger partial charge in [-0.05, 0) is 47.8 Å². The number of anilines is 1. The number of carbonyl (C=O) groups is 1. The third-order valence-electron chi connectivity index (χ3n) is 3.99. The fraction of sp³-hybridized carbons (Fsp3) is 0.0500. The summed E-state index contributed by atoms with van der Waals surface area (Å²) in [7, 11) is 0. The van der Waals surface area contributed by atoms with Crippen molar-refractivity contribution in [2.45, 2.75) is 5.16 Å². The summed E-state index contributed by atoms with van der Waals surface area (Å²) in [6.07, 6.45) is 0. The highest BCUT2D eigenvalue weighted by Crippen LogP contribution is 2.26. The summed E-state index contributed by atoms with van der Waals surface area (Å²) >= 11 is 20.5. The van der Waals surface area contributed by atoms with Gasteiger partial charge >= 0.3 is 0 Å². The van der Waals surface area contributed by atoms with Crippen LogP contribution >= 0.6 is 57.9 Å². The van der Waals surface area contributed by atoms with E-state index in [9.17, 15) is 9.59 Å². The van der Waals surface area contributed by atoms with Gasteiger partial charge in [0.2, 0.25) is 5.91 Å². The average Bonchev–Trinajstić information content (AvgIpc) is 3.14. The Balaban J connectivity index is 1.64. The molecule has 30 heavy (non-hydrogen) atoms. The molecule has 0 aliphatic carbocycles. The van der Waals surface area contributed by atoms with Crippen LogP contribution in [0.15, 0.2) is 63.9 Å². The fourth-order valence-electron chi connectivity index (χ4n) is 2.78. The number of nitrogens with one attached hydrogen (secondary N) is 1. The van der Waals surface area contributed by atoms with Crippen LogP contribution in [0.2, 0.25) is 15.1 Å². The maximum absolute atomic E-state index is 13.1. The van der Waals surface area contributed by atoms with Gasteiger partial charge in [0.05, 0.1) is 17.0 Å². The van der Waals surface area contributed by atoms with Crippen LogP contribution in [0.5, 0.6) is 0 Å². The van der Waals surface area contributed by atoms with Crippen molar-refractivity contribution in [3.63, 3.8) is 0 Å². The summed E-state index contributed by atoms with van der Waals surface area (Å²) in [6.45, 7) is 0. The minimum absolute atomic E-state index is 0.0345. The molecule has 2 aromatic carbocycles. The molecule has 4 rings (SSSR count). The minimum Gasteiger partial charge on any atom is -0.325 e. The van der Waals surface area contributed by atoms with Crippen molar-refractivity contribution in [2.24, 2.45) is 0 Å². The van der Waals surface area contributed by atoms with Crippen LogP contribution in [0.3, 0.4) is 0 Å². The second-order valence-corrected chi connectivity index (χ2v) is 9.31. The Morgan fingerprint density at radius 2 is 1.83 bits per heavy atom. The zero-order chi connectivity index (χ0) is 21.3. The van der Waals surface area contributed by atoms with E-state index in [0.29, 0.717) is 41.8 Å². The largest absolute Gasteiger partial charge is 0.325 e. The van der Waals surface area contributed by atoms with Gasteiger partial charge in [0.25, 0.3) is 5.56 Å². The topological polar surface area (TPSA) is 64.0 Å². The molecule has 0 saturated carbocycles. The standard InChI is InChI=1S/C20H12Cl3N3O2S2/c21-11-2-1-3-15(9-11)26-19(28)18-16(4-5-29-18)25-20(26)30-10-17(27)24-14-7-12(22)6-13(23)8-14/h1-9H,10H2,(H,24,27). The molecule has 1 N–H and O–H groups in total. The highest BCUT2D eigenvalue weighted by atomic mass is 35.5. The van der Waals surface area contributed by atoms with E-state index >= 15 is 0 Å². The van der Waals surface area contributed by atoms with Crippen LogP contribution in [0.1, 0.15) is 0 Å². The third-order valence-corrected chi connectivity index (χ3v) is 6.50. The second-order valence-electron chi connectivity index (χ2n) is 6.14. The number of nitrogens with zero attached hydrogens (tertiary/aromatic N) is 2. The van der Waals surface area contributed by atoms with E-state index in [1.807, 2.05) is 5.38 Å². The van der Waals surface area contributed by atoms with E-state index in [1.54, 1.807) is 48.5 Å². The van der Waals surface area contributed by atoms with Crippen molar-refractivity contribution in [3.05, 3.63) is 79.3 Å². The molecular weight excluding hydrogens is 485 g/mol. The molecule has 0 radical (unpaired) electrons. The number of thiophene rings is 1. The Bertz CT molecular complexity index is 1300. The van der Waals surface area contributed by atoms with Gasteiger partial charge in [0, 0.05) is 20.8 Å². The lowest BCUT2D eigenvalue weighted by molar-refractivity contribution is -0.113. The summed E-state index contributed by atoms with van der Waals surface area (Å²) in [5, 5.41) is 6.29. The number of carbonyl (C=O) groups excluding carboxylic acids is 1. The molecule has 10 heteroatoms. The number of halogens is 3. The Morgan fingerprint density at radius 1 is 1.07 bits per heavy atom. The molecule has 2 heterocycles. The number of fused-ring (bicyclic) bond motifs is 1. The van der Waals surface area contributed by atoms with E-state index in [4.69, 9.17) is 34.8 Å². The summed E-state index contributed by atoms with van der Waals surface area (Å²) in [5.41, 5.74) is 1.46. The lowest BCUT2D eigenvalue weighted by Gasteiger charge is -2.12. The number of benzene rings is 2. The number of aromatic nitrogens is 2. The van der Waals surface area contributed by atoms with Crippen molar-refractivity contribution >= 4 is 79.7 Å². The first kappa shape index (κ1) is 21.2. The molecule has 4 aromatic rings. The van der Waals surface area contributed by atoms with Crippen molar-refractivity contribution in [3.8, 4) is 5.69 Å². The Morgan fingerprint density at radius 3 is 2.57 bits per heavy atom. The molecule has 0 unspecified atom stereocenters. The monoisotopic (exact) mass is 495 g/mol. The van der Waals surface area contributed by atoms with Crippen LogP contribution in [0.4, 0.5) is 5.69 Å². The van der Waals surface area contributed by atoms with Gasteiger partial charge in [-0.1, -0.05) is 52.6 Å².